The monoisotopic (exact) mass is 200 g/mol. The second kappa shape index (κ2) is 4.58. The molecule has 2 fully saturated rings. The van der Waals surface area contributed by atoms with Gasteiger partial charge >= 0.3 is 0 Å². The average molecular weight is 200 g/mol. The number of piperidine rings is 2. The maximum Gasteiger partial charge on any atom is 0.103 e. The van der Waals surface area contributed by atoms with Crippen molar-refractivity contribution in [2.75, 3.05) is 33.2 Å². The van der Waals surface area contributed by atoms with Crippen LogP contribution in [-0.2, 0) is 0 Å². The first-order valence-corrected chi connectivity index (χ1v) is 5.82. The van der Waals surface area contributed by atoms with Crippen LogP contribution in [0.1, 0.15) is 25.7 Å². The van der Waals surface area contributed by atoms with E-state index in [0.717, 1.165) is 32.0 Å². The zero-order chi connectivity index (χ0) is 9.97. The molecule has 2 saturated heterocycles. The molecule has 3 heteroatoms. The van der Waals surface area contributed by atoms with Gasteiger partial charge < -0.3 is 9.80 Å². The van der Waals surface area contributed by atoms with E-state index < -0.39 is 6.17 Å². The molecule has 2 nitrogen and oxygen atoms in total. The second-order valence-corrected chi connectivity index (χ2v) is 4.75. The number of likely N-dealkylation sites (tertiary alicyclic amines) is 2. The molecule has 0 saturated carbocycles. The first-order valence-electron chi connectivity index (χ1n) is 5.82. The van der Waals surface area contributed by atoms with Crippen LogP contribution in [0.25, 0.3) is 0 Å². The molecule has 2 aliphatic rings. The van der Waals surface area contributed by atoms with Gasteiger partial charge in [0.05, 0.1) is 0 Å². The third-order valence-corrected chi connectivity index (χ3v) is 3.66. The van der Waals surface area contributed by atoms with Crippen LogP contribution in [0.5, 0.6) is 0 Å². The Bertz CT molecular complexity index is 150. The van der Waals surface area contributed by atoms with Crippen LogP contribution in [0.4, 0.5) is 4.39 Å². The van der Waals surface area contributed by atoms with Crippen LogP contribution >= 0.6 is 0 Å². The topological polar surface area (TPSA) is 6.48 Å². The van der Waals surface area contributed by atoms with Crippen LogP contribution in [-0.4, -0.2) is 55.2 Å². The summed E-state index contributed by atoms with van der Waals surface area (Å²) in [5.41, 5.74) is 0. The van der Waals surface area contributed by atoms with Crippen LogP contribution in [0.2, 0.25) is 0 Å². The lowest BCUT2D eigenvalue weighted by molar-refractivity contribution is 0.0746. The Hall–Kier alpha value is -0.150. The normalized spacial score (nSPS) is 29.6. The third-order valence-electron chi connectivity index (χ3n) is 3.66. The summed E-state index contributed by atoms with van der Waals surface area (Å²) < 4.78 is 13.0. The number of rotatable bonds is 1. The van der Waals surface area contributed by atoms with E-state index >= 15 is 0 Å². The molecule has 2 rings (SSSR count). The maximum absolute atomic E-state index is 13.0. The van der Waals surface area contributed by atoms with Crippen LogP contribution in [0, 0.1) is 0 Å². The quantitative estimate of drug-likeness (QED) is 0.633. The van der Waals surface area contributed by atoms with Crippen molar-refractivity contribution in [3.63, 3.8) is 0 Å². The zero-order valence-electron chi connectivity index (χ0n) is 9.08. The molecule has 0 aromatic heterocycles. The molecule has 0 unspecified atom stereocenters. The summed E-state index contributed by atoms with van der Waals surface area (Å²) in [5, 5.41) is 0. The molecule has 14 heavy (non-hydrogen) atoms. The fourth-order valence-corrected chi connectivity index (χ4v) is 2.59. The average Bonchev–Trinajstić information content (AvgIpc) is 2.21. The zero-order valence-corrected chi connectivity index (χ0v) is 9.08. The Morgan fingerprint density at radius 2 is 1.50 bits per heavy atom. The van der Waals surface area contributed by atoms with Gasteiger partial charge in [-0.05, 0) is 45.8 Å². The van der Waals surface area contributed by atoms with Gasteiger partial charge in [0.1, 0.15) is 6.17 Å². The van der Waals surface area contributed by atoms with E-state index in [4.69, 9.17) is 0 Å². The van der Waals surface area contributed by atoms with Crippen molar-refractivity contribution in [2.24, 2.45) is 0 Å². The number of nitrogens with zero attached hydrogens (tertiary/aromatic N) is 2. The lowest BCUT2D eigenvalue weighted by atomic mass is 10.00. The molecule has 0 bridgehead atoms. The van der Waals surface area contributed by atoms with Gasteiger partial charge in [0.2, 0.25) is 0 Å². The highest BCUT2D eigenvalue weighted by Crippen LogP contribution is 2.21. The molecule has 0 N–H and O–H groups in total. The molecule has 0 aromatic rings. The van der Waals surface area contributed by atoms with Crippen molar-refractivity contribution in [2.45, 2.75) is 37.9 Å². The molecular formula is C11H21FN2. The van der Waals surface area contributed by atoms with Gasteiger partial charge in [-0.2, -0.15) is 0 Å². The Balaban J connectivity index is 1.78. The first-order chi connectivity index (χ1) is 6.75. The number of halogens is 1. The minimum atomic E-state index is -0.530. The lowest BCUT2D eigenvalue weighted by Crippen LogP contribution is -2.47. The van der Waals surface area contributed by atoms with Gasteiger partial charge in [0.25, 0.3) is 0 Å². The maximum atomic E-state index is 13.0. The Morgan fingerprint density at radius 1 is 0.929 bits per heavy atom. The van der Waals surface area contributed by atoms with Crippen molar-refractivity contribution in [1.82, 2.24) is 9.80 Å². The van der Waals surface area contributed by atoms with Crippen molar-refractivity contribution in [3.05, 3.63) is 0 Å². The van der Waals surface area contributed by atoms with E-state index in [2.05, 4.69) is 16.8 Å². The molecule has 0 spiro atoms. The molecule has 0 radical (unpaired) electrons. The van der Waals surface area contributed by atoms with Gasteiger partial charge in [0.15, 0.2) is 0 Å². The highest BCUT2D eigenvalue weighted by atomic mass is 19.1. The summed E-state index contributed by atoms with van der Waals surface area (Å²) in [6.45, 7) is 4.38. The van der Waals surface area contributed by atoms with Crippen molar-refractivity contribution in [3.8, 4) is 0 Å². The lowest BCUT2D eigenvalue weighted by Gasteiger charge is -2.39. The highest BCUT2D eigenvalue weighted by Gasteiger charge is 2.26. The summed E-state index contributed by atoms with van der Waals surface area (Å²) in [4.78, 5) is 4.89. The van der Waals surface area contributed by atoms with E-state index in [1.807, 2.05) is 0 Å². The van der Waals surface area contributed by atoms with Crippen LogP contribution in [0.3, 0.4) is 0 Å². The second-order valence-electron chi connectivity index (χ2n) is 4.75. The third kappa shape index (κ3) is 2.45. The van der Waals surface area contributed by atoms with E-state index in [0.29, 0.717) is 0 Å². The van der Waals surface area contributed by atoms with E-state index in [1.165, 1.54) is 25.9 Å². The minimum absolute atomic E-state index is 0.530. The van der Waals surface area contributed by atoms with E-state index in [9.17, 15) is 4.39 Å². The smallest absolute Gasteiger partial charge is 0.103 e. The van der Waals surface area contributed by atoms with E-state index in [1.54, 1.807) is 0 Å². The number of hydrogen-bond acceptors (Lipinski definition) is 2. The minimum Gasteiger partial charge on any atom is -0.306 e. The highest BCUT2D eigenvalue weighted by molar-refractivity contribution is 4.82. The summed E-state index contributed by atoms with van der Waals surface area (Å²) in [6, 6.07) is 0.735. The van der Waals surface area contributed by atoms with Crippen molar-refractivity contribution in [1.29, 1.82) is 0 Å². The number of alkyl halides is 1. The van der Waals surface area contributed by atoms with Crippen molar-refractivity contribution < 1.29 is 4.39 Å². The largest absolute Gasteiger partial charge is 0.306 e. The van der Waals surface area contributed by atoms with Crippen LogP contribution in [0.15, 0.2) is 0 Å². The van der Waals surface area contributed by atoms with Crippen LogP contribution < -0.4 is 0 Å². The van der Waals surface area contributed by atoms with Gasteiger partial charge in [0, 0.05) is 19.1 Å². The fourth-order valence-electron chi connectivity index (χ4n) is 2.59. The SMILES string of the molecule is CN1CCC(N2CCC(F)CC2)CC1. The molecular weight excluding hydrogens is 179 g/mol. The van der Waals surface area contributed by atoms with E-state index in [-0.39, 0.29) is 0 Å². The van der Waals surface area contributed by atoms with Gasteiger partial charge in [-0.1, -0.05) is 0 Å². The van der Waals surface area contributed by atoms with Gasteiger partial charge in [-0.25, -0.2) is 4.39 Å². The number of hydrogen-bond donors (Lipinski definition) is 0. The molecule has 0 atom stereocenters. The standard InChI is InChI=1S/C11H21FN2/c1-13-6-4-11(5-7-13)14-8-2-10(12)3-9-14/h10-11H,2-9H2,1H3. The molecule has 0 aliphatic carbocycles. The van der Waals surface area contributed by atoms with Gasteiger partial charge in [-0.3, -0.25) is 0 Å². The van der Waals surface area contributed by atoms with Gasteiger partial charge in [-0.15, -0.1) is 0 Å². The first kappa shape index (κ1) is 10.4. The predicted molar refractivity (Wildman–Crippen MR) is 56.2 cm³/mol. The molecule has 2 aliphatic heterocycles. The predicted octanol–water partition coefficient (Wildman–Crippen LogP) is 1.51. The molecule has 82 valence electrons. The summed E-state index contributed by atoms with van der Waals surface area (Å²) in [6.07, 6.45) is 3.53. The van der Waals surface area contributed by atoms with Crippen molar-refractivity contribution >= 4 is 0 Å². The molecule has 2 heterocycles. The summed E-state index contributed by atoms with van der Waals surface area (Å²) in [5.74, 6) is 0. The fraction of sp³-hybridized carbons (Fsp3) is 1.00. The Kier molecular flexibility index (Phi) is 3.39. The Morgan fingerprint density at radius 3 is 2.07 bits per heavy atom. The molecule has 0 amide bonds. The molecule has 0 aromatic carbocycles. The summed E-state index contributed by atoms with van der Waals surface area (Å²) in [7, 11) is 2.18. The Labute approximate surface area is 86.1 Å². The summed E-state index contributed by atoms with van der Waals surface area (Å²) >= 11 is 0.